The molecule has 1 N–H and O–H groups in total. The molecule has 230 valence electrons. The van der Waals surface area contributed by atoms with Gasteiger partial charge in [-0.2, -0.15) is 0 Å². The Morgan fingerprint density at radius 3 is 2.79 bits per heavy atom. The van der Waals surface area contributed by atoms with Crippen LogP contribution in [-0.2, 0) is 33.8 Å². The van der Waals surface area contributed by atoms with E-state index < -0.39 is 5.60 Å². The van der Waals surface area contributed by atoms with Gasteiger partial charge < -0.3 is 29.2 Å². The van der Waals surface area contributed by atoms with Gasteiger partial charge in [0.05, 0.1) is 24.8 Å². The number of hydrogen-bond donors (Lipinski definition) is 1. The number of anilines is 1. The zero-order chi connectivity index (χ0) is 30.6. The summed E-state index contributed by atoms with van der Waals surface area (Å²) in [5, 5.41) is 3.42. The van der Waals surface area contributed by atoms with Crippen molar-refractivity contribution in [2.75, 3.05) is 38.3 Å². The third-order valence-corrected chi connectivity index (χ3v) is 7.90. The molecule has 0 aliphatic carbocycles. The molecule has 0 bridgehead atoms. The zero-order valence-electron chi connectivity index (χ0n) is 26.2. The number of carbonyl (C=O) groups is 1. The summed E-state index contributed by atoms with van der Waals surface area (Å²) >= 11 is 0. The minimum Gasteiger partial charge on any atom is -0.496 e. The Morgan fingerprint density at radius 2 is 2.02 bits per heavy atom. The van der Waals surface area contributed by atoms with Crippen molar-refractivity contribution < 1.29 is 23.7 Å². The van der Waals surface area contributed by atoms with Crippen molar-refractivity contribution in [2.24, 2.45) is 5.92 Å². The molecular weight excluding hydrogens is 544 g/mol. The van der Waals surface area contributed by atoms with Crippen LogP contribution in [0.3, 0.4) is 0 Å². The van der Waals surface area contributed by atoms with Crippen LogP contribution in [0.4, 0.5) is 5.95 Å². The second kappa shape index (κ2) is 13.3. The quantitative estimate of drug-likeness (QED) is 0.336. The number of rotatable bonds is 9. The first-order valence-electron chi connectivity index (χ1n) is 15.2. The third-order valence-electron chi connectivity index (χ3n) is 7.90. The minimum absolute atomic E-state index is 0.213. The predicted octanol–water partition coefficient (Wildman–Crippen LogP) is 5.26. The molecule has 0 spiro atoms. The Kier molecular flexibility index (Phi) is 9.52. The van der Waals surface area contributed by atoms with Crippen molar-refractivity contribution in [3.63, 3.8) is 0 Å². The summed E-state index contributed by atoms with van der Waals surface area (Å²) in [6.45, 7) is 13.5. The molecule has 1 saturated heterocycles. The summed E-state index contributed by atoms with van der Waals surface area (Å²) in [5.74, 6) is 1.75. The molecule has 0 amide bonds. The Labute approximate surface area is 254 Å². The normalized spacial score (nSPS) is 18.6. The largest absolute Gasteiger partial charge is 0.496 e. The lowest BCUT2D eigenvalue weighted by atomic mass is 9.93. The molecule has 0 unspecified atom stereocenters. The van der Waals surface area contributed by atoms with E-state index in [1.807, 2.05) is 58.9 Å². The van der Waals surface area contributed by atoms with Gasteiger partial charge in [-0.15, -0.1) is 0 Å². The summed E-state index contributed by atoms with van der Waals surface area (Å²) in [5.41, 5.74) is 5.78. The summed E-state index contributed by atoms with van der Waals surface area (Å²) in [4.78, 5) is 24.6. The number of aryl methyl sites for hydroxylation is 1. The molecule has 0 radical (unpaired) electrons. The summed E-state index contributed by atoms with van der Waals surface area (Å²) < 4.78 is 23.9. The molecule has 9 heteroatoms. The number of piperidine rings is 1. The fourth-order valence-electron chi connectivity index (χ4n) is 5.87. The van der Waals surface area contributed by atoms with Crippen LogP contribution in [-0.4, -0.2) is 61.0 Å². The number of nitrogens with zero attached hydrogens (tertiary/aromatic N) is 3. The van der Waals surface area contributed by atoms with E-state index in [1.54, 1.807) is 13.3 Å². The van der Waals surface area contributed by atoms with Gasteiger partial charge in [-0.3, -0.25) is 4.79 Å². The SMILES string of the molecule is CCO[C@@H]1CN(c2nccc(-c3cccc(C)c3OCc3cc4c(c(OC)c3)CNCC4)n2)CC[C@@H]1C(=O)OC(C)(C)C. The van der Waals surface area contributed by atoms with Gasteiger partial charge in [0.1, 0.15) is 23.7 Å². The molecule has 1 fully saturated rings. The average molecular weight is 589 g/mol. The first-order valence-corrected chi connectivity index (χ1v) is 15.2. The molecule has 3 aromatic rings. The van der Waals surface area contributed by atoms with Crippen molar-refractivity contribution >= 4 is 11.9 Å². The highest BCUT2D eigenvalue weighted by molar-refractivity contribution is 5.74. The number of carbonyl (C=O) groups excluding carboxylic acids is 1. The van der Waals surface area contributed by atoms with Crippen molar-refractivity contribution in [1.82, 2.24) is 15.3 Å². The summed E-state index contributed by atoms with van der Waals surface area (Å²) in [6, 6.07) is 12.3. The highest BCUT2D eigenvalue weighted by Gasteiger charge is 2.38. The van der Waals surface area contributed by atoms with Crippen molar-refractivity contribution in [1.29, 1.82) is 0 Å². The monoisotopic (exact) mass is 588 g/mol. The standard InChI is InChI=1S/C34H44N4O5/c1-7-41-30-20-38(16-13-26(30)32(39)43-34(3,4)5)33-36-15-12-28(37-33)25-10-8-9-22(2)31(25)42-21-23-17-24-11-14-35-19-27(24)29(18-23)40-6/h8-10,12,15,17-18,26,30,35H,7,11,13-14,16,19-21H2,1-6H3/t26-,30+/m0/s1. The molecule has 43 heavy (non-hydrogen) atoms. The molecule has 2 aliphatic rings. The number of hydrogen-bond acceptors (Lipinski definition) is 9. The van der Waals surface area contributed by atoms with Crippen LogP contribution < -0.4 is 19.7 Å². The van der Waals surface area contributed by atoms with Gasteiger partial charge in [-0.05, 0) is 88.9 Å². The number of para-hydroxylation sites is 1. The van der Waals surface area contributed by atoms with E-state index in [1.165, 1.54) is 11.1 Å². The maximum absolute atomic E-state index is 12.9. The summed E-state index contributed by atoms with van der Waals surface area (Å²) in [6.07, 6.45) is 3.05. The van der Waals surface area contributed by atoms with E-state index in [0.29, 0.717) is 38.7 Å². The topological polar surface area (TPSA) is 95.0 Å². The number of benzene rings is 2. The van der Waals surface area contributed by atoms with E-state index in [-0.39, 0.29) is 18.0 Å². The first kappa shape index (κ1) is 30.8. The Hall–Kier alpha value is -3.69. The second-order valence-electron chi connectivity index (χ2n) is 12.2. The van der Waals surface area contributed by atoms with E-state index >= 15 is 0 Å². The van der Waals surface area contributed by atoms with E-state index in [4.69, 9.17) is 23.9 Å². The highest BCUT2D eigenvalue weighted by Crippen LogP contribution is 2.35. The number of aromatic nitrogens is 2. The first-order chi connectivity index (χ1) is 20.7. The fourth-order valence-corrected chi connectivity index (χ4v) is 5.87. The lowest BCUT2D eigenvalue weighted by Crippen LogP contribution is -2.49. The number of nitrogens with one attached hydrogen (secondary N) is 1. The van der Waals surface area contributed by atoms with Gasteiger partial charge in [-0.25, -0.2) is 9.97 Å². The van der Waals surface area contributed by atoms with Crippen LogP contribution in [0.2, 0.25) is 0 Å². The Bertz CT molecular complexity index is 1420. The van der Waals surface area contributed by atoms with Gasteiger partial charge in [0.25, 0.3) is 0 Å². The van der Waals surface area contributed by atoms with Gasteiger partial charge in [0.15, 0.2) is 0 Å². The smallest absolute Gasteiger partial charge is 0.312 e. The highest BCUT2D eigenvalue weighted by atomic mass is 16.6. The van der Waals surface area contributed by atoms with Crippen LogP contribution in [0.15, 0.2) is 42.6 Å². The number of ether oxygens (including phenoxy) is 4. The van der Waals surface area contributed by atoms with Gasteiger partial charge in [0, 0.05) is 43.6 Å². The fraction of sp³-hybridized carbons (Fsp3) is 0.500. The van der Waals surface area contributed by atoms with Gasteiger partial charge in [0.2, 0.25) is 5.95 Å². The van der Waals surface area contributed by atoms with Gasteiger partial charge >= 0.3 is 5.97 Å². The molecule has 3 heterocycles. The Balaban J connectivity index is 1.35. The Morgan fingerprint density at radius 1 is 1.19 bits per heavy atom. The van der Waals surface area contributed by atoms with Crippen molar-refractivity contribution in [3.8, 4) is 22.8 Å². The van der Waals surface area contributed by atoms with Gasteiger partial charge in [-0.1, -0.05) is 18.2 Å². The second-order valence-corrected chi connectivity index (χ2v) is 12.2. The molecule has 2 aromatic carbocycles. The van der Waals surface area contributed by atoms with Crippen molar-refractivity contribution in [2.45, 2.75) is 72.3 Å². The maximum Gasteiger partial charge on any atom is 0.312 e. The van der Waals surface area contributed by atoms with E-state index in [0.717, 1.165) is 53.4 Å². The molecule has 5 rings (SSSR count). The van der Waals surface area contributed by atoms with Crippen molar-refractivity contribution in [3.05, 3.63) is 64.8 Å². The van der Waals surface area contributed by atoms with Crippen LogP contribution in [0.1, 0.15) is 56.4 Å². The predicted molar refractivity (Wildman–Crippen MR) is 167 cm³/mol. The summed E-state index contributed by atoms with van der Waals surface area (Å²) in [7, 11) is 1.72. The van der Waals surface area contributed by atoms with Crippen LogP contribution in [0.5, 0.6) is 11.5 Å². The van der Waals surface area contributed by atoms with Crippen LogP contribution >= 0.6 is 0 Å². The number of methoxy groups -OCH3 is 1. The van der Waals surface area contributed by atoms with E-state index in [2.05, 4.69) is 27.3 Å². The molecule has 1 aromatic heterocycles. The maximum atomic E-state index is 12.9. The minimum atomic E-state index is -0.542. The lowest BCUT2D eigenvalue weighted by Gasteiger charge is -2.38. The molecule has 2 aliphatic heterocycles. The van der Waals surface area contributed by atoms with Crippen LogP contribution in [0, 0.1) is 12.8 Å². The molecule has 9 nitrogen and oxygen atoms in total. The average Bonchev–Trinajstić information content (AvgIpc) is 2.99. The van der Waals surface area contributed by atoms with Crippen LogP contribution in [0.25, 0.3) is 11.3 Å². The van der Waals surface area contributed by atoms with E-state index in [9.17, 15) is 4.79 Å². The molecule has 2 atom stereocenters. The molecular formula is C34H44N4O5. The molecule has 0 saturated carbocycles. The number of fused-ring (bicyclic) bond motifs is 1. The zero-order valence-corrected chi connectivity index (χ0v) is 26.2. The lowest BCUT2D eigenvalue weighted by molar-refractivity contribution is -0.166. The third kappa shape index (κ3) is 7.28. The number of esters is 1.